The maximum absolute atomic E-state index is 3.72. The lowest BCUT2D eigenvalue weighted by molar-refractivity contribution is 0.178. The highest BCUT2D eigenvalue weighted by atomic mass is 32.2. The van der Waals surface area contributed by atoms with Crippen LogP contribution in [0.5, 0.6) is 0 Å². The Morgan fingerprint density at radius 2 is 2.12 bits per heavy atom. The van der Waals surface area contributed by atoms with Crippen molar-refractivity contribution in [3.8, 4) is 0 Å². The quantitative estimate of drug-likeness (QED) is 0.797. The van der Waals surface area contributed by atoms with Crippen LogP contribution in [-0.4, -0.2) is 48.6 Å². The van der Waals surface area contributed by atoms with Crippen LogP contribution >= 0.6 is 11.8 Å². The van der Waals surface area contributed by atoms with Crippen LogP contribution in [-0.2, 0) is 0 Å². The molecule has 0 amide bonds. The molecule has 0 aromatic carbocycles. The van der Waals surface area contributed by atoms with Gasteiger partial charge in [-0.2, -0.15) is 11.8 Å². The van der Waals surface area contributed by atoms with Crippen LogP contribution in [0.1, 0.15) is 38.5 Å². The minimum atomic E-state index is 0.591. The second-order valence-corrected chi connectivity index (χ2v) is 6.78. The van der Waals surface area contributed by atoms with E-state index >= 15 is 0 Å². The van der Waals surface area contributed by atoms with Gasteiger partial charge in [0.05, 0.1) is 0 Å². The van der Waals surface area contributed by atoms with E-state index in [1.165, 1.54) is 58.2 Å². The van der Waals surface area contributed by atoms with Crippen LogP contribution in [0.4, 0.5) is 0 Å². The summed E-state index contributed by atoms with van der Waals surface area (Å²) in [5.41, 5.74) is 0. The first-order valence-electron chi connectivity index (χ1n) is 6.72. The monoisotopic (exact) mass is 242 g/mol. The van der Waals surface area contributed by atoms with Gasteiger partial charge >= 0.3 is 0 Å². The Bertz CT molecular complexity index is 210. The lowest BCUT2D eigenvalue weighted by Gasteiger charge is -2.41. The second kappa shape index (κ2) is 5.74. The number of rotatable bonds is 5. The molecule has 1 aliphatic heterocycles. The van der Waals surface area contributed by atoms with Gasteiger partial charge in [0.15, 0.2) is 0 Å². The number of thioether (sulfide) groups is 1. The molecule has 2 rings (SSSR count). The Morgan fingerprint density at radius 3 is 2.69 bits per heavy atom. The molecule has 3 heteroatoms. The van der Waals surface area contributed by atoms with Crippen LogP contribution in [0.3, 0.4) is 0 Å². The number of hydrogen-bond donors (Lipinski definition) is 1. The molecule has 2 aliphatic rings. The van der Waals surface area contributed by atoms with Crippen LogP contribution in [0.2, 0.25) is 0 Å². The third-order valence-corrected chi connectivity index (χ3v) is 5.87. The van der Waals surface area contributed by atoms with Crippen LogP contribution in [0.15, 0.2) is 0 Å². The van der Waals surface area contributed by atoms with Crippen molar-refractivity contribution in [2.75, 3.05) is 32.9 Å². The summed E-state index contributed by atoms with van der Waals surface area (Å²) < 4.78 is 0.591. The first kappa shape index (κ1) is 12.7. The van der Waals surface area contributed by atoms with Crippen molar-refractivity contribution in [3.63, 3.8) is 0 Å². The first-order chi connectivity index (χ1) is 7.76. The Kier molecular flexibility index (Phi) is 4.57. The summed E-state index contributed by atoms with van der Waals surface area (Å²) in [4.78, 5) is 2.53. The maximum Gasteiger partial charge on any atom is 0.0281 e. The summed E-state index contributed by atoms with van der Waals surface area (Å²) >= 11 is 2.07. The summed E-state index contributed by atoms with van der Waals surface area (Å²) in [7, 11) is 2.28. The number of nitrogens with zero attached hydrogens (tertiary/aromatic N) is 1. The standard InChI is InChI=1S/C13H26N2S/c1-15-9-4-3-6-12(15)10-14-11-13(16-2)7-5-8-13/h12,14H,3-11H2,1-2H3. The molecule has 0 aromatic heterocycles. The molecule has 1 saturated heterocycles. The molecule has 0 spiro atoms. The second-order valence-electron chi connectivity index (χ2n) is 5.50. The molecule has 1 atom stereocenters. The van der Waals surface area contributed by atoms with E-state index in [-0.39, 0.29) is 0 Å². The summed E-state index contributed by atoms with van der Waals surface area (Å²) in [6.07, 6.45) is 10.7. The summed E-state index contributed by atoms with van der Waals surface area (Å²) in [6, 6.07) is 0.785. The zero-order valence-corrected chi connectivity index (χ0v) is 11.6. The molecule has 1 aliphatic carbocycles. The van der Waals surface area contributed by atoms with Crippen molar-refractivity contribution >= 4 is 11.8 Å². The average Bonchev–Trinajstić information content (AvgIpc) is 2.25. The predicted molar refractivity (Wildman–Crippen MR) is 73.2 cm³/mol. The predicted octanol–water partition coefficient (Wildman–Crippen LogP) is 2.35. The van der Waals surface area contributed by atoms with Crippen molar-refractivity contribution in [2.24, 2.45) is 0 Å². The van der Waals surface area contributed by atoms with Crippen molar-refractivity contribution in [2.45, 2.75) is 49.3 Å². The van der Waals surface area contributed by atoms with E-state index in [0.717, 1.165) is 6.04 Å². The van der Waals surface area contributed by atoms with Gasteiger partial charge in [-0.15, -0.1) is 0 Å². The smallest absolute Gasteiger partial charge is 0.0281 e. The molecular formula is C13H26N2S. The lowest BCUT2D eigenvalue weighted by atomic mass is 9.84. The molecule has 0 aromatic rings. The topological polar surface area (TPSA) is 15.3 Å². The maximum atomic E-state index is 3.72. The van der Waals surface area contributed by atoms with Gasteiger partial charge in [-0.3, -0.25) is 0 Å². The van der Waals surface area contributed by atoms with Gasteiger partial charge in [0.25, 0.3) is 0 Å². The fourth-order valence-corrected chi connectivity index (χ4v) is 3.84. The van der Waals surface area contributed by atoms with Crippen molar-refractivity contribution in [1.29, 1.82) is 0 Å². The molecule has 1 N–H and O–H groups in total. The zero-order valence-electron chi connectivity index (χ0n) is 10.8. The summed E-state index contributed by atoms with van der Waals surface area (Å²) in [5, 5.41) is 3.72. The van der Waals surface area contributed by atoms with Gasteiger partial charge in [-0.05, 0) is 45.5 Å². The third kappa shape index (κ3) is 2.93. The van der Waals surface area contributed by atoms with Gasteiger partial charge < -0.3 is 10.2 Å². The Morgan fingerprint density at radius 1 is 1.31 bits per heavy atom. The Labute approximate surface area is 105 Å². The number of likely N-dealkylation sites (tertiary alicyclic amines) is 1. The van der Waals surface area contributed by atoms with E-state index in [9.17, 15) is 0 Å². The molecular weight excluding hydrogens is 216 g/mol. The lowest BCUT2D eigenvalue weighted by Crippen LogP contribution is -2.48. The van der Waals surface area contributed by atoms with Gasteiger partial charge in [0, 0.05) is 23.9 Å². The third-order valence-electron chi connectivity index (χ3n) is 4.45. The highest BCUT2D eigenvalue weighted by Gasteiger charge is 2.35. The molecule has 2 fully saturated rings. The SMILES string of the molecule is CSC1(CNCC2CCCCN2C)CCC1. The molecule has 1 heterocycles. The molecule has 16 heavy (non-hydrogen) atoms. The average molecular weight is 242 g/mol. The number of hydrogen-bond acceptors (Lipinski definition) is 3. The number of piperidine rings is 1. The fourth-order valence-electron chi connectivity index (χ4n) is 2.89. The summed E-state index contributed by atoms with van der Waals surface area (Å²) in [6.45, 7) is 3.71. The summed E-state index contributed by atoms with van der Waals surface area (Å²) in [5.74, 6) is 0. The van der Waals surface area contributed by atoms with Gasteiger partial charge in [-0.25, -0.2) is 0 Å². The molecule has 94 valence electrons. The van der Waals surface area contributed by atoms with Crippen LogP contribution < -0.4 is 5.32 Å². The Hall–Kier alpha value is 0.270. The minimum Gasteiger partial charge on any atom is -0.314 e. The first-order valence-corrected chi connectivity index (χ1v) is 7.94. The molecule has 1 unspecified atom stereocenters. The fraction of sp³-hybridized carbons (Fsp3) is 1.00. The Balaban J connectivity index is 1.66. The van der Waals surface area contributed by atoms with Gasteiger partial charge in [-0.1, -0.05) is 12.8 Å². The normalized spacial score (nSPS) is 30.0. The highest BCUT2D eigenvalue weighted by Crippen LogP contribution is 2.42. The van der Waals surface area contributed by atoms with Crippen molar-refractivity contribution < 1.29 is 0 Å². The van der Waals surface area contributed by atoms with Crippen molar-refractivity contribution in [1.82, 2.24) is 10.2 Å². The van der Waals surface area contributed by atoms with E-state index in [1.54, 1.807) is 0 Å². The zero-order chi connectivity index (χ0) is 11.4. The number of nitrogens with one attached hydrogen (secondary N) is 1. The van der Waals surface area contributed by atoms with E-state index in [1.807, 2.05) is 0 Å². The van der Waals surface area contributed by atoms with E-state index in [2.05, 4.69) is 35.3 Å². The van der Waals surface area contributed by atoms with Crippen LogP contribution in [0, 0.1) is 0 Å². The van der Waals surface area contributed by atoms with Gasteiger partial charge in [0.1, 0.15) is 0 Å². The molecule has 2 nitrogen and oxygen atoms in total. The van der Waals surface area contributed by atoms with E-state index in [4.69, 9.17) is 0 Å². The van der Waals surface area contributed by atoms with Crippen LogP contribution in [0.25, 0.3) is 0 Å². The molecule has 0 bridgehead atoms. The highest BCUT2D eigenvalue weighted by molar-refractivity contribution is 8.00. The minimum absolute atomic E-state index is 0.591. The number of likely N-dealkylation sites (N-methyl/N-ethyl adjacent to an activating group) is 1. The largest absolute Gasteiger partial charge is 0.314 e. The molecule has 0 radical (unpaired) electrons. The van der Waals surface area contributed by atoms with Crippen molar-refractivity contribution in [3.05, 3.63) is 0 Å². The van der Waals surface area contributed by atoms with E-state index < -0.39 is 0 Å². The van der Waals surface area contributed by atoms with Gasteiger partial charge in [0.2, 0.25) is 0 Å². The molecule has 1 saturated carbocycles. The van der Waals surface area contributed by atoms with E-state index in [0.29, 0.717) is 4.75 Å².